The van der Waals surface area contributed by atoms with E-state index >= 15 is 0 Å². The molecular weight excluding hydrogens is 246 g/mol. The van der Waals surface area contributed by atoms with Gasteiger partial charge < -0.3 is 9.88 Å². The molecule has 0 saturated carbocycles. The molecule has 0 radical (unpaired) electrons. The van der Waals surface area contributed by atoms with Crippen molar-refractivity contribution in [3.05, 3.63) is 53.6 Å². The zero-order valence-corrected chi connectivity index (χ0v) is 12.8. The number of aromatic nitrogens is 2. The topological polar surface area (TPSA) is 29.9 Å². The lowest BCUT2D eigenvalue weighted by Crippen LogP contribution is -2.20. The van der Waals surface area contributed by atoms with Crippen LogP contribution in [0.1, 0.15) is 37.6 Å². The van der Waals surface area contributed by atoms with E-state index in [1.165, 1.54) is 16.8 Å². The Hall–Kier alpha value is -1.61. The molecule has 1 aromatic heterocycles. The van der Waals surface area contributed by atoms with Gasteiger partial charge in [0.1, 0.15) is 0 Å². The van der Waals surface area contributed by atoms with Gasteiger partial charge >= 0.3 is 0 Å². The van der Waals surface area contributed by atoms with Crippen LogP contribution in [0.4, 0.5) is 0 Å². The van der Waals surface area contributed by atoms with Gasteiger partial charge in [0.2, 0.25) is 0 Å². The first kappa shape index (κ1) is 14.8. The van der Waals surface area contributed by atoms with E-state index in [-0.39, 0.29) is 0 Å². The molecule has 2 rings (SSSR count). The number of nitrogens with one attached hydrogen (secondary N) is 1. The minimum atomic E-state index is 0.674. The Labute approximate surface area is 122 Å². The van der Waals surface area contributed by atoms with Crippen molar-refractivity contribution in [3.8, 4) is 0 Å². The molecule has 2 aromatic rings. The first-order chi connectivity index (χ1) is 9.69. The van der Waals surface area contributed by atoms with Crippen molar-refractivity contribution in [3.63, 3.8) is 0 Å². The monoisotopic (exact) mass is 271 g/mol. The average Bonchev–Trinajstić information content (AvgIpc) is 2.87. The Balaban J connectivity index is 1.96. The van der Waals surface area contributed by atoms with Crippen LogP contribution in [0.3, 0.4) is 0 Å². The first-order valence-corrected chi connectivity index (χ1v) is 7.46. The van der Waals surface area contributed by atoms with E-state index in [0.29, 0.717) is 5.92 Å². The van der Waals surface area contributed by atoms with Crippen LogP contribution in [0.25, 0.3) is 0 Å². The molecule has 0 spiro atoms. The largest absolute Gasteiger partial charge is 0.329 e. The van der Waals surface area contributed by atoms with Gasteiger partial charge in [-0.15, -0.1) is 0 Å². The number of nitrogens with zero attached hydrogens (tertiary/aromatic N) is 2. The lowest BCUT2D eigenvalue weighted by molar-refractivity contribution is 0.539. The van der Waals surface area contributed by atoms with Gasteiger partial charge in [-0.2, -0.15) is 0 Å². The molecule has 0 atom stereocenters. The van der Waals surface area contributed by atoms with Crippen LogP contribution in [0, 0.1) is 5.92 Å². The number of benzene rings is 1. The van der Waals surface area contributed by atoms with Crippen molar-refractivity contribution in [2.75, 3.05) is 6.54 Å². The molecular formula is C17H25N3. The van der Waals surface area contributed by atoms with E-state index in [4.69, 9.17) is 0 Å². The van der Waals surface area contributed by atoms with E-state index < -0.39 is 0 Å². The average molecular weight is 271 g/mol. The van der Waals surface area contributed by atoms with Gasteiger partial charge in [0, 0.05) is 19.3 Å². The fraction of sp³-hybridized carbons (Fsp3) is 0.471. The number of rotatable bonds is 7. The van der Waals surface area contributed by atoms with Gasteiger partial charge in [0.05, 0.1) is 12.0 Å². The smallest absolute Gasteiger partial charge is 0.0951 e. The third-order valence-corrected chi connectivity index (χ3v) is 3.44. The lowest BCUT2D eigenvalue weighted by atomic mass is 10.1. The van der Waals surface area contributed by atoms with E-state index in [0.717, 1.165) is 26.1 Å². The summed E-state index contributed by atoms with van der Waals surface area (Å²) in [5.41, 5.74) is 3.95. The lowest BCUT2D eigenvalue weighted by Gasteiger charge is -2.11. The summed E-state index contributed by atoms with van der Waals surface area (Å²) in [7, 11) is 0. The summed E-state index contributed by atoms with van der Waals surface area (Å²) in [4.78, 5) is 4.27. The predicted molar refractivity (Wildman–Crippen MR) is 83.7 cm³/mol. The molecule has 0 aliphatic rings. The zero-order valence-electron chi connectivity index (χ0n) is 12.8. The Kier molecular flexibility index (Phi) is 5.36. The number of aryl methyl sites for hydroxylation is 1. The van der Waals surface area contributed by atoms with Crippen molar-refractivity contribution < 1.29 is 0 Å². The van der Waals surface area contributed by atoms with Gasteiger partial charge in [-0.05, 0) is 30.0 Å². The summed E-state index contributed by atoms with van der Waals surface area (Å²) in [5, 5.41) is 3.47. The molecule has 1 heterocycles. The normalized spacial score (nSPS) is 11.2. The Morgan fingerprint density at radius 2 is 1.85 bits per heavy atom. The highest BCUT2D eigenvalue weighted by Gasteiger charge is 2.03. The number of imidazole rings is 1. The van der Waals surface area contributed by atoms with Crippen molar-refractivity contribution >= 4 is 0 Å². The molecule has 0 saturated heterocycles. The molecule has 1 N–H and O–H groups in total. The maximum Gasteiger partial charge on any atom is 0.0951 e. The molecule has 0 amide bonds. The van der Waals surface area contributed by atoms with Crippen LogP contribution in [0.2, 0.25) is 0 Å². The molecule has 0 bridgehead atoms. The van der Waals surface area contributed by atoms with Crippen LogP contribution >= 0.6 is 0 Å². The maximum absolute atomic E-state index is 4.27. The van der Waals surface area contributed by atoms with Gasteiger partial charge in [0.25, 0.3) is 0 Å². The molecule has 0 aliphatic heterocycles. The minimum absolute atomic E-state index is 0.674. The molecule has 0 aliphatic carbocycles. The van der Waals surface area contributed by atoms with Crippen molar-refractivity contribution in [2.24, 2.45) is 5.92 Å². The first-order valence-electron chi connectivity index (χ1n) is 7.46. The third-order valence-electron chi connectivity index (χ3n) is 3.44. The summed E-state index contributed by atoms with van der Waals surface area (Å²) in [6.07, 6.45) is 4.96. The quantitative estimate of drug-likeness (QED) is 0.838. The molecule has 108 valence electrons. The predicted octanol–water partition coefficient (Wildman–Crippen LogP) is 3.24. The van der Waals surface area contributed by atoms with E-state index in [1.54, 1.807) is 0 Å². The summed E-state index contributed by atoms with van der Waals surface area (Å²) in [6.45, 7) is 9.44. The van der Waals surface area contributed by atoms with E-state index in [1.807, 2.05) is 12.5 Å². The molecule has 1 aromatic carbocycles. The van der Waals surface area contributed by atoms with Crippen molar-refractivity contribution in [1.82, 2.24) is 14.9 Å². The van der Waals surface area contributed by atoms with Gasteiger partial charge in [0.15, 0.2) is 0 Å². The van der Waals surface area contributed by atoms with Crippen molar-refractivity contribution in [1.29, 1.82) is 0 Å². The molecule has 0 fully saturated rings. The fourth-order valence-corrected chi connectivity index (χ4v) is 2.20. The van der Waals surface area contributed by atoms with Gasteiger partial charge in [-0.1, -0.05) is 45.0 Å². The summed E-state index contributed by atoms with van der Waals surface area (Å²) >= 11 is 0. The number of hydrogen-bond acceptors (Lipinski definition) is 2. The molecule has 3 nitrogen and oxygen atoms in total. The highest BCUT2D eigenvalue weighted by Crippen LogP contribution is 2.09. The summed E-state index contributed by atoms with van der Waals surface area (Å²) in [6, 6.07) is 8.85. The summed E-state index contributed by atoms with van der Waals surface area (Å²) < 4.78 is 2.22. The van der Waals surface area contributed by atoms with Crippen LogP contribution in [-0.4, -0.2) is 16.1 Å². The second-order valence-corrected chi connectivity index (χ2v) is 5.71. The second kappa shape index (κ2) is 7.25. The Morgan fingerprint density at radius 3 is 2.50 bits per heavy atom. The minimum Gasteiger partial charge on any atom is -0.329 e. The van der Waals surface area contributed by atoms with Gasteiger partial charge in [-0.25, -0.2) is 4.98 Å². The molecule has 0 unspecified atom stereocenters. The highest BCUT2D eigenvalue weighted by atomic mass is 15.1. The van der Waals surface area contributed by atoms with E-state index in [9.17, 15) is 0 Å². The zero-order chi connectivity index (χ0) is 14.4. The van der Waals surface area contributed by atoms with Gasteiger partial charge in [-0.3, -0.25) is 0 Å². The Morgan fingerprint density at radius 1 is 1.15 bits per heavy atom. The van der Waals surface area contributed by atoms with E-state index in [2.05, 4.69) is 59.9 Å². The fourth-order valence-electron chi connectivity index (χ4n) is 2.20. The number of hydrogen-bond donors (Lipinski definition) is 1. The van der Waals surface area contributed by atoms with Crippen LogP contribution in [0.15, 0.2) is 36.8 Å². The summed E-state index contributed by atoms with van der Waals surface area (Å²) in [5.74, 6) is 0.674. The highest BCUT2D eigenvalue weighted by molar-refractivity contribution is 5.23. The molecule has 3 heteroatoms. The SMILES string of the molecule is CCc1ccc(Cn2cncc2CNCC(C)C)cc1. The maximum atomic E-state index is 4.27. The van der Waals surface area contributed by atoms with Crippen molar-refractivity contribution in [2.45, 2.75) is 40.3 Å². The second-order valence-electron chi connectivity index (χ2n) is 5.71. The standard InChI is InChI=1S/C17H25N3/c1-4-15-5-7-16(8-6-15)12-20-13-19-11-17(20)10-18-9-14(2)3/h5-8,11,13-14,18H,4,9-10,12H2,1-3H3. The van der Waals surface area contributed by atoms with Crippen LogP contribution in [-0.2, 0) is 19.5 Å². The third kappa shape index (κ3) is 4.20. The Bertz CT molecular complexity index is 511. The molecule has 20 heavy (non-hydrogen) atoms. The van der Waals surface area contributed by atoms with Crippen LogP contribution in [0.5, 0.6) is 0 Å². The van der Waals surface area contributed by atoms with Crippen LogP contribution < -0.4 is 5.32 Å².